The first-order valence-electron chi connectivity index (χ1n) is 17.9. The molecule has 0 radical (unpaired) electrons. The fourth-order valence-electron chi connectivity index (χ4n) is 5.14. The maximum absolute atomic E-state index is 12.4. The summed E-state index contributed by atoms with van der Waals surface area (Å²) in [5.41, 5.74) is 0. The summed E-state index contributed by atoms with van der Waals surface area (Å²) in [5, 5.41) is 43.3. The molecule has 5 N–H and O–H groups in total. The average Bonchev–Trinajstić information content (AvgIpc) is 3.01. The Bertz CT molecular complexity index is 692. The molecule has 0 aromatic heterocycles. The molecule has 0 saturated heterocycles. The van der Waals surface area contributed by atoms with E-state index in [-0.39, 0.29) is 0 Å². The van der Waals surface area contributed by atoms with Crippen LogP contribution in [0.1, 0.15) is 162 Å². The molecule has 0 aliphatic heterocycles. The molecule has 0 aliphatic carbocycles. The van der Waals surface area contributed by atoms with Gasteiger partial charge in [0.2, 0.25) is 5.91 Å². The number of amides is 1. The number of hydrogen-bond acceptors (Lipinski definition) is 5. The van der Waals surface area contributed by atoms with Crippen LogP contribution in [0.5, 0.6) is 0 Å². The normalized spacial score (nSPS) is 15.0. The van der Waals surface area contributed by atoms with Gasteiger partial charge in [-0.3, -0.25) is 4.79 Å². The highest BCUT2D eigenvalue weighted by molar-refractivity contribution is 5.80. The summed E-state index contributed by atoms with van der Waals surface area (Å²) >= 11 is 0. The summed E-state index contributed by atoms with van der Waals surface area (Å²) < 4.78 is 0. The quantitative estimate of drug-likeness (QED) is 0.0403. The van der Waals surface area contributed by atoms with Gasteiger partial charge in [-0.1, -0.05) is 127 Å². The Morgan fingerprint density at radius 2 is 1.02 bits per heavy atom. The smallest absolute Gasteiger partial charge is 0.249 e. The Morgan fingerprint density at radius 1 is 0.581 bits per heavy atom. The summed E-state index contributed by atoms with van der Waals surface area (Å²) in [4.78, 5) is 12.4. The molecular formula is C37H69NO5. The highest BCUT2D eigenvalue weighted by Gasteiger charge is 2.28. The summed E-state index contributed by atoms with van der Waals surface area (Å²) in [5.74, 6) is -0.606. The standard InChI is InChI=1S/C37H69NO5/c1-3-5-7-9-11-13-15-16-17-18-19-21-23-25-27-29-31-35(41)37(43)38-33(32-39)36(42)34(40)30-28-26-24-22-20-14-12-10-8-6-4-2/h11,13,16-17,22,24,33-36,39-42H,3-10,12,14-15,18-21,23,25-32H2,1-2H3,(H,38,43)/b13-11-,17-16-,24-22+. The molecule has 0 rings (SSSR count). The highest BCUT2D eigenvalue weighted by Crippen LogP contribution is 2.13. The second kappa shape index (κ2) is 31.9. The average molecular weight is 608 g/mol. The number of hydrogen-bond donors (Lipinski definition) is 5. The van der Waals surface area contributed by atoms with Crippen molar-refractivity contribution in [2.45, 2.75) is 186 Å². The third-order valence-electron chi connectivity index (χ3n) is 8.07. The lowest BCUT2D eigenvalue weighted by molar-refractivity contribution is -0.132. The van der Waals surface area contributed by atoms with Gasteiger partial charge in [0.1, 0.15) is 12.2 Å². The Balaban J connectivity index is 3.90. The van der Waals surface area contributed by atoms with E-state index in [1.807, 2.05) is 0 Å². The number of allylic oxidation sites excluding steroid dienone is 6. The van der Waals surface area contributed by atoms with Crippen LogP contribution in [0.2, 0.25) is 0 Å². The minimum absolute atomic E-state index is 0.350. The fraction of sp³-hybridized carbons (Fsp3) is 0.811. The van der Waals surface area contributed by atoms with Crippen molar-refractivity contribution in [2.75, 3.05) is 6.61 Å². The molecule has 0 aromatic rings. The molecule has 4 atom stereocenters. The van der Waals surface area contributed by atoms with Gasteiger partial charge in [-0.25, -0.2) is 0 Å². The minimum atomic E-state index is -1.28. The van der Waals surface area contributed by atoms with Crippen LogP contribution in [0.15, 0.2) is 36.5 Å². The largest absolute Gasteiger partial charge is 0.394 e. The predicted molar refractivity (Wildman–Crippen MR) is 182 cm³/mol. The molecule has 0 heterocycles. The van der Waals surface area contributed by atoms with Crippen LogP contribution in [-0.2, 0) is 4.79 Å². The third-order valence-corrected chi connectivity index (χ3v) is 8.07. The third kappa shape index (κ3) is 26.6. The van der Waals surface area contributed by atoms with Crippen molar-refractivity contribution in [1.29, 1.82) is 0 Å². The fourth-order valence-corrected chi connectivity index (χ4v) is 5.14. The zero-order valence-corrected chi connectivity index (χ0v) is 27.9. The second-order valence-corrected chi connectivity index (χ2v) is 12.2. The topological polar surface area (TPSA) is 110 Å². The molecule has 43 heavy (non-hydrogen) atoms. The number of aliphatic hydroxyl groups excluding tert-OH is 4. The number of aliphatic hydroxyl groups is 4. The zero-order valence-electron chi connectivity index (χ0n) is 27.9. The second-order valence-electron chi connectivity index (χ2n) is 12.2. The Hall–Kier alpha value is -1.47. The molecule has 4 unspecified atom stereocenters. The Morgan fingerprint density at radius 3 is 1.58 bits per heavy atom. The first-order chi connectivity index (χ1) is 21.0. The van der Waals surface area contributed by atoms with Gasteiger partial charge >= 0.3 is 0 Å². The number of carbonyl (C=O) groups is 1. The van der Waals surface area contributed by atoms with Crippen LogP contribution < -0.4 is 5.32 Å². The van der Waals surface area contributed by atoms with Gasteiger partial charge in [0.15, 0.2) is 0 Å². The van der Waals surface area contributed by atoms with Crippen LogP contribution in [0, 0.1) is 0 Å². The van der Waals surface area contributed by atoms with E-state index in [2.05, 4.69) is 55.6 Å². The summed E-state index contributed by atoms with van der Waals surface area (Å²) in [6.45, 7) is 3.96. The summed E-state index contributed by atoms with van der Waals surface area (Å²) in [6.07, 6.45) is 34.5. The van der Waals surface area contributed by atoms with Gasteiger partial charge in [-0.2, -0.15) is 0 Å². The lowest BCUT2D eigenvalue weighted by atomic mass is 10.00. The van der Waals surface area contributed by atoms with Crippen molar-refractivity contribution in [2.24, 2.45) is 0 Å². The first-order valence-corrected chi connectivity index (χ1v) is 17.9. The lowest BCUT2D eigenvalue weighted by Gasteiger charge is -2.27. The van der Waals surface area contributed by atoms with Gasteiger partial charge < -0.3 is 25.7 Å². The number of nitrogens with one attached hydrogen (secondary N) is 1. The van der Waals surface area contributed by atoms with Gasteiger partial charge in [0, 0.05) is 0 Å². The van der Waals surface area contributed by atoms with E-state index in [4.69, 9.17) is 0 Å². The molecule has 0 spiro atoms. The Labute approximate surface area is 265 Å². The van der Waals surface area contributed by atoms with Crippen LogP contribution in [-0.4, -0.2) is 57.3 Å². The zero-order chi connectivity index (χ0) is 31.8. The molecule has 0 fully saturated rings. The predicted octanol–water partition coefficient (Wildman–Crippen LogP) is 8.23. The van der Waals surface area contributed by atoms with Crippen molar-refractivity contribution < 1.29 is 25.2 Å². The monoisotopic (exact) mass is 608 g/mol. The van der Waals surface area contributed by atoms with Gasteiger partial charge in [-0.15, -0.1) is 0 Å². The Kier molecular flexibility index (Phi) is 30.8. The van der Waals surface area contributed by atoms with Gasteiger partial charge in [0.25, 0.3) is 0 Å². The molecule has 0 aliphatic rings. The van der Waals surface area contributed by atoms with Crippen molar-refractivity contribution in [3.63, 3.8) is 0 Å². The first kappa shape index (κ1) is 41.5. The van der Waals surface area contributed by atoms with Crippen molar-refractivity contribution in [3.05, 3.63) is 36.5 Å². The van der Waals surface area contributed by atoms with Crippen LogP contribution in [0.3, 0.4) is 0 Å². The van der Waals surface area contributed by atoms with E-state index in [1.54, 1.807) is 0 Å². The molecule has 6 nitrogen and oxygen atoms in total. The summed E-state index contributed by atoms with van der Waals surface area (Å²) in [7, 11) is 0. The van der Waals surface area contributed by atoms with Crippen molar-refractivity contribution >= 4 is 5.91 Å². The molecular weight excluding hydrogens is 538 g/mol. The van der Waals surface area contributed by atoms with E-state index < -0.39 is 36.9 Å². The van der Waals surface area contributed by atoms with Crippen molar-refractivity contribution in [1.82, 2.24) is 5.32 Å². The molecule has 1 amide bonds. The maximum Gasteiger partial charge on any atom is 0.249 e. The van der Waals surface area contributed by atoms with E-state index in [0.29, 0.717) is 19.3 Å². The van der Waals surface area contributed by atoms with E-state index in [9.17, 15) is 25.2 Å². The maximum atomic E-state index is 12.4. The molecule has 252 valence electrons. The lowest BCUT2D eigenvalue weighted by Crippen LogP contribution is -2.53. The number of unbranched alkanes of at least 4 members (excludes halogenated alkanes) is 16. The molecule has 0 aromatic carbocycles. The molecule has 0 bridgehead atoms. The SMILES string of the molecule is CCCCC/C=C\C/C=C\CCCCCCCCC(O)C(=O)NC(CO)C(O)C(O)CCC/C=C/CCCCCCCC. The van der Waals surface area contributed by atoms with Crippen LogP contribution in [0.4, 0.5) is 0 Å². The summed E-state index contributed by atoms with van der Waals surface area (Å²) in [6, 6.07) is -1.00. The van der Waals surface area contributed by atoms with E-state index in [0.717, 1.165) is 51.4 Å². The van der Waals surface area contributed by atoms with E-state index in [1.165, 1.54) is 77.0 Å². The number of carbonyl (C=O) groups excluding carboxylic acids is 1. The minimum Gasteiger partial charge on any atom is -0.394 e. The van der Waals surface area contributed by atoms with Gasteiger partial charge in [-0.05, 0) is 70.6 Å². The molecule has 0 saturated carbocycles. The van der Waals surface area contributed by atoms with Crippen LogP contribution in [0.25, 0.3) is 0 Å². The van der Waals surface area contributed by atoms with E-state index >= 15 is 0 Å². The highest BCUT2D eigenvalue weighted by atomic mass is 16.3. The van der Waals surface area contributed by atoms with Crippen molar-refractivity contribution in [3.8, 4) is 0 Å². The van der Waals surface area contributed by atoms with Crippen LogP contribution >= 0.6 is 0 Å². The van der Waals surface area contributed by atoms with Gasteiger partial charge in [0.05, 0.1) is 18.8 Å². The number of rotatable bonds is 31. The molecule has 6 heteroatoms.